The van der Waals surface area contributed by atoms with Crippen LogP contribution in [-0.4, -0.2) is 58.1 Å². The molecule has 0 saturated carbocycles. The summed E-state index contributed by atoms with van der Waals surface area (Å²) in [6, 6.07) is 0. The molecular formula is C9H18O8S. The summed E-state index contributed by atoms with van der Waals surface area (Å²) in [5.41, 5.74) is 0. The minimum atomic E-state index is -4.66. The van der Waals surface area contributed by atoms with E-state index in [-0.39, 0.29) is 13.2 Å². The molecule has 0 saturated heterocycles. The molecule has 0 aromatic rings. The normalized spacial score (nSPS) is 13.3. The first kappa shape index (κ1) is 17.3. The standard InChI is InChI=1S/C9H18O8S/c1-3-14-4-5-15-6-7-16-9(10)8(2)17-18(11,12)13/h8H,3-7H2,1-2H3,(H,11,12,13). The third-order valence-electron chi connectivity index (χ3n) is 1.65. The van der Waals surface area contributed by atoms with Crippen LogP contribution < -0.4 is 0 Å². The molecule has 1 atom stereocenters. The number of hydrogen-bond acceptors (Lipinski definition) is 7. The van der Waals surface area contributed by atoms with Crippen LogP contribution in [0.1, 0.15) is 13.8 Å². The molecule has 0 aromatic carbocycles. The number of rotatable bonds is 10. The third kappa shape index (κ3) is 10.4. The maximum atomic E-state index is 11.2. The van der Waals surface area contributed by atoms with Crippen LogP contribution in [-0.2, 0) is 33.6 Å². The van der Waals surface area contributed by atoms with Crippen molar-refractivity contribution in [2.75, 3.05) is 33.0 Å². The van der Waals surface area contributed by atoms with Crippen molar-refractivity contribution in [1.29, 1.82) is 0 Å². The van der Waals surface area contributed by atoms with Gasteiger partial charge in [0.05, 0.1) is 19.8 Å². The summed E-state index contributed by atoms with van der Waals surface area (Å²) in [5, 5.41) is 0. The van der Waals surface area contributed by atoms with E-state index < -0.39 is 22.5 Å². The second-order valence-corrected chi connectivity index (χ2v) is 4.19. The minimum Gasteiger partial charge on any atom is -0.461 e. The molecule has 1 N–H and O–H groups in total. The van der Waals surface area contributed by atoms with Crippen molar-refractivity contribution in [1.82, 2.24) is 0 Å². The maximum Gasteiger partial charge on any atom is 0.398 e. The molecule has 0 aliphatic rings. The number of carbonyl (C=O) groups is 1. The first-order valence-corrected chi connectivity index (χ1v) is 6.71. The van der Waals surface area contributed by atoms with Crippen LogP contribution in [0.4, 0.5) is 0 Å². The highest BCUT2D eigenvalue weighted by Crippen LogP contribution is 1.99. The van der Waals surface area contributed by atoms with E-state index >= 15 is 0 Å². The van der Waals surface area contributed by atoms with Crippen molar-refractivity contribution in [2.45, 2.75) is 20.0 Å². The Labute approximate surface area is 106 Å². The van der Waals surface area contributed by atoms with Gasteiger partial charge < -0.3 is 14.2 Å². The van der Waals surface area contributed by atoms with Crippen LogP contribution in [0.25, 0.3) is 0 Å². The monoisotopic (exact) mass is 286 g/mol. The smallest absolute Gasteiger partial charge is 0.398 e. The van der Waals surface area contributed by atoms with Crippen LogP contribution in [0.3, 0.4) is 0 Å². The zero-order valence-corrected chi connectivity index (χ0v) is 11.1. The summed E-state index contributed by atoms with van der Waals surface area (Å²) in [4.78, 5) is 11.2. The molecule has 0 bridgehead atoms. The molecule has 9 heteroatoms. The summed E-state index contributed by atoms with van der Waals surface area (Å²) in [7, 11) is -4.66. The van der Waals surface area contributed by atoms with Gasteiger partial charge >= 0.3 is 16.4 Å². The lowest BCUT2D eigenvalue weighted by Gasteiger charge is -2.10. The molecule has 0 radical (unpaired) electrons. The van der Waals surface area contributed by atoms with E-state index in [9.17, 15) is 13.2 Å². The van der Waals surface area contributed by atoms with Crippen molar-refractivity contribution in [3.63, 3.8) is 0 Å². The van der Waals surface area contributed by atoms with Gasteiger partial charge in [0.2, 0.25) is 0 Å². The van der Waals surface area contributed by atoms with Gasteiger partial charge in [-0.15, -0.1) is 0 Å². The van der Waals surface area contributed by atoms with Crippen molar-refractivity contribution < 1.29 is 36.2 Å². The van der Waals surface area contributed by atoms with Gasteiger partial charge in [-0.05, 0) is 13.8 Å². The van der Waals surface area contributed by atoms with Crippen LogP contribution >= 0.6 is 0 Å². The topological polar surface area (TPSA) is 108 Å². The first-order valence-electron chi connectivity index (χ1n) is 5.34. The summed E-state index contributed by atoms with van der Waals surface area (Å²) in [6.45, 7) is 4.56. The van der Waals surface area contributed by atoms with Gasteiger partial charge in [0.25, 0.3) is 0 Å². The predicted octanol–water partition coefficient (Wildman–Crippen LogP) is -0.209. The van der Waals surface area contributed by atoms with E-state index in [4.69, 9.17) is 14.0 Å². The summed E-state index contributed by atoms with van der Waals surface area (Å²) in [6.07, 6.45) is -1.40. The highest BCUT2D eigenvalue weighted by Gasteiger charge is 2.21. The third-order valence-corrected chi connectivity index (χ3v) is 2.18. The molecular weight excluding hydrogens is 268 g/mol. The Kier molecular flexibility index (Phi) is 8.85. The Bertz CT molecular complexity index is 325. The van der Waals surface area contributed by atoms with Gasteiger partial charge in [0, 0.05) is 6.61 Å². The molecule has 1 unspecified atom stereocenters. The molecule has 0 aromatic heterocycles. The van der Waals surface area contributed by atoms with Gasteiger partial charge in [-0.1, -0.05) is 0 Å². The van der Waals surface area contributed by atoms with Crippen LogP contribution in [0.5, 0.6) is 0 Å². The molecule has 108 valence electrons. The molecule has 0 spiro atoms. The van der Waals surface area contributed by atoms with Gasteiger partial charge in [-0.3, -0.25) is 4.55 Å². The predicted molar refractivity (Wildman–Crippen MR) is 60.4 cm³/mol. The second-order valence-electron chi connectivity index (χ2n) is 3.14. The van der Waals surface area contributed by atoms with Crippen molar-refractivity contribution in [2.24, 2.45) is 0 Å². The Morgan fingerprint density at radius 1 is 1.17 bits per heavy atom. The highest BCUT2D eigenvalue weighted by molar-refractivity contribution is 7.80. The summed E-state index contributed by atoms with van der Waals surface area (Å²) >= 11 is 0. The maximum absolute atomic E-state index is 11.2. The van der Waals surface area contributed by atoms with Gasteiger partial charge in [-0.25, -0.2) is 8.98 Å². The fraction of sp³-hybridized carbons (Fsp3) is 0.889. The van der Waals surface area contributed by atoms with Crippen LogP contribution in [0, 0.1) is 0 Å². The van der Waals surface area contributed by atoms with E-state index in [2.05, 4.69) is 8.92 Å². The molecule has 0 rings (SSSR count). The zero-order chi connectivity index (χ0) is 14.0. The quantitative estimate of drug-likeness (QED) is 0.334. The molecule has 0 amide bonds. The molecule has 8 nitrogen and oxygen atoms in total. The fourth-order valence-electron chi connectivity index (χ4n) is 0.904. The van der Waals surface area contributed by atoms with Gasteiger partial charge in [0.1, 0.15) is 6.61 Å². The fourth-order valence-corrected chi connectivity index (χ4v) is 1.35. The van der Waals surface area contributed by atoms with Crippen molar-refractivity contribution in [3.8, 4) is 0 Å². The van der Waals surface area contributed by atoms with Crippen molar-refractivity contribution in [3.05, 3.63) is 0 Å². The molecule has 18 heavy (non-hydrogen) atoms. The lowest BCUT2D eigenvalue weighted by atomic mass is 10.4. The molecule has 0 fully saturated rings. The van der Waals surface area contributed by atoms with E-state index in [1.807, 2.05) is 6.92 Å². The van der Waals surface area contributed by atoms with E-state index in [0.29, 0.717) is 19.8 Å². The SMILES string of the molecule is CCOCCOCCOC(=O)C(C)OS(=O)(=O)O. The lowest BCUT2D eigenvalue weighted by Crippen LogP contribution is -2.27. The molecule has 0 aliphatic heterocycles. The minimum absolute atomic E-state index is 0.0376. The number of hydrogen-bond donors (Lipinski definition) is 1. The van der Waals surface area contributed by atoms with Gasteiger partial charge in [-0.2, -0.15) is 8.42 Å². The van der Waals surface area contributed by atoms with Crippen LogP contribution in [0.15, 0.2) is 0 Å². The van der Waals surface area contributed by atoms with E-state index in [1.54, 1.807) is 0 Å². The Balaban J connectivity index is 3.58. The lowest BCUT2D eigenvalue weighted by molar-refractivity contribution is -0.152. The van der Waals surface area contributed by atoms with E-state index in [0.717, 1.165) is 6.92 Å². The second kappa shape index (κ2) is 9.22. The van der Waals surface area contributed by atoms with Gasteiger partial charge in [0.15, 0.2) is 6.10 Å². The number of ether oxygens (including phenoxy) is 3. The Hall–Kier alpha value is -0.740. The molecule has 0 aliphatic carbocycles. The first-order chi connectivity index (χ1) is 8.37. The van der Waals surface area contributed by atoms with E-state index in [1.165, 1.54) is 0 Å². The number of carbonyl (C=O) groups excluding carboxylic acids is 1. The summed E-state index contributed by atoms with van der Waals surface area (Å²) < 4.78 is 47.7. The Morgan fingerprint density at radius 3 is 2.28 bits per heavy atom. The number of esters is 1. The summed E-state index contributed by atoms with van der Waals surface area (Å²) in [5.74, 6) is -0.902. The average molecular weight is 286 g/mol. The molecule has 0 heterocycles. The Morgan fingerprint density at radius 2 is 1.72 bits per heavy atom. The highest BCUT2D eigenvalue weighted by atomic mass is 32.3. The average Bonchev–Trinajstić information content (AvgIpc) is 2.25. The zero-order valence-electron chi connectivity index (χ0n) is 10.3. The van der Waals surface area contributed by atoms with Crippen molar-refractivity contribution >= 4 is 16.4 Å². The van der Waals surface area contributed by atoms with Crippen LogP contribution in [0.2, 0.25) is 0 Å². The largest absolute Gasteiger partial charge is 0.461 e.